The van der Waals surface area contributed by atoms with Gasteiger partial charge in [0.05, 0.1) is 9.90 Å². The number of rotatable bonds is 5. The Kier molecular flexibility index (Phi) is 5.14. The van der Waals surface area contributed by atoms with E-state index in [4.69, 9.17) is 16.3 Å². The highest BCUT2D eigenvalue weighted by atomic mass is 35.5. The molecule has 0 fully saturated rings. The Morgan fingerprint density at radius 2 is 2.00 bits per heavy atom. The minimum Gasteiger partial charge on any atom is -0.489 e. The summed E-state index contributed by atoms with van der Waals surface area (Å²) in [6.07, 6.45) is 3.47. The molecule has 1 amide bonds. The summed E-state index contributed by atoms with van der Waals surface area (Å²) in [5.74, 6) is 0.0806. The minimum absolute atomic E-state index is 0.0255. The Morgan fingerprint density at radius 1 is 1.15 bits per heavy atom. The Balaban J connectivity index is 1.37. The summed E-state index contributed by atoms with van der Waals surface area (Å²) in [5.41, 5.74) is 4.17. The van der Waals surface area contributed by atoms with Crippen LogP contribution in [0.15, 0.2) is 47.8 Å². The van der Waals surface area contributed by atoms with E-state index >= 15 is 0 Å². The highest BCUT2D eigenvalue weighted by Gasteiger charge is 2.13. The zero-order valence-electron chi connectivity index (χ0n) is 14.4. The normalized spacial score (nSPS) is 12.7. The number of hydrogen-bond acceptors (Lipinski definition) is 3. The van der Waals surface area contributed by atoms with Crippen molar-refractivity contribution >= 4 is 34.5 Å². The second kappa shape index (κ2) is 7.71. The molecule has 1 aliphatic carbocycles. The minimum atomic E-state index is -0.517. The van der Waals surface area contributed by atoms with E-state index in [9.17, 15) is 9.18 Å². The van der Waals surface area contributed by atoms with E-state index in [1.807, 2.05) is 11.4 Å². The summed E-state index contributed by atoms with van der Waals surface area (Å²) in [6.45, 7) is 0.408. The van der Waals surface area contributed by atoms with Crippen LogP contribution in [0.1, 0.15) is 32.8 Å². The van der Waals surface area contributed by atoms with Gasteiger partial charge in [-0.15, -0.1) is 11.3 Å². The van der Waals surface area contributed by atoms with Crippen molar-refractivity contribution in [3.05, 3.63) is 80.3 Å². The molecule has 0 spiro atoms. The predicted octanol–water partition coefficient (Wildman–Crippen LogP) is 5.86. The van der Waals surface area contributed by atoms with Crippen molar-refractivity contribution in [3.63, 3.8) is 0 Å². The van der Waals surface area contributed by atoms with Crippen LogP contribution in [0, 0.1) is 5.82 Å². The fraction of sp³-hybridized carbons (Fsp3) is 0.190. The number of thiophene rings is 1. The zero-order valence-corrected chi connectivity index (χ0v) is 16.0. The number of aryl methyl sites for hydroxylation is 2. The quantitative estimate of drug-likeness (QED) is 0.581. The summed E-state index contributed by atoms with van der Waals surface area (Å²) in [4.78, 5) is 12.9. The van der Waals surface area contributed by atoms with Gasteiger partial charge in [0.1, 0.15) is 18.2 Å². The van der Waals surface area contributed by atoms with Crippen LogP contribution >= 0.6 is 22.9 Å². The van der Waals surface area contributed by atoms with Crippen LogP contribution in [0.5, 0.6) is 5.75 Å². The van der Waals surface area contributed by atoms with Gasteiger partial charge in [0.2, 0.25) is 0 Å². The number of carbonyl (C=O) groups is 1. The van der Waals surface area contributed by atoms with Gasteiger partial charge in [0.25, 0.3) is 5.91 Å². The summed E-state index contributed by atoms with van der Waals surface area (Å²) in [5, 5.41) is 4.60. The van der Waals surface area contributed by atoms with Gasteiger partial charge in [-0.25, -0.2) is 4.39 Å². The number of amides is 1. The summed E-state index contributed by atoms with van der Waals surface area (Å²) in [7, 11) is 0. The topological polar surface area (TPSA) is 38.3 Å². The van der Waals surface area contributed by atoms with Crippen LogP contribution < -0.4 is 10.1 Å². The molecule has 138 valence electrons. The maximum absolute atomic E-state index is 13.2. The van der Waals surface area contributed by atoms with Crippen molar-refractivity contribution in [2.24, 2.45) is 0 Å². The lowest BCUT2D eigenvalue weighted by Crippen LogP contribution is -2.10. The molecule has 0 unspecified atom stereocenters. The van der Waals surface area contributed by atoms with Crippen LogP contribution in [0.4, 0.5) is 10.1 Å². The van der Waals surface area contributed by atoms with Crippen molar-refractivity contribution in [1.29, 1.82) is 0 Å². The lowest BCUT2D eigenvalue weighted by atomic mass is 10.1. The van der Waals surface area contributed by atoms with Crippen LogP contribution in [0.3, 0.4) is 0 Å². The Bertz CT molecular complexity index is 1000. The molecule has 0 bridgehead atoms. The fourth-order valence-corrected chi connectivity index (χ4v) is 4.11. The van der Waals surface area contributed by atoms with Crippen LogP contribution in [0.25, 0.3) is 0 Å². The third-order valence-electron chi connectivity index (χ3n) is 4.53. The smallest absolute Gasteiger partial charge is 0.265 e. The molecule has 1 aromatic heterocycles. The second-order valence-electron chi connectivity index (χ2n) is 6.47. The zero-order chi connectivity index (χ0) is 18.8. The van der Waals surface area contributed by atoms with E-state index in [1.54, 1.807) is 6.07 Å². The number of nitrogens with one attached hydrogen (secondary N) is 1. The van der Waals surface area contributed by atoms with E-state index in [1.165, 1.54) is 47.1 Å². The standard InChI is InChI=1S/C21H17ClFNO2S/c22-18-10-16(5-7-19(18)23)24-21(25)20-8-13(12-27-20)11-26-17-6-4-14-2-1-3-15(14)9-17/h4-10,12H,1-3,11H2,(H,24,25). The molecular formula is C21H17ClFNO2S. The lowest BCUT2D eigenvalue weighted by Gasteiger charge is -2.07. The number of ether oxygens (including phenoxy) is 1. The predicted molar refractivity (Wildman–Crippen MR) is 106 cm³/mol. The van der Waals surface area contributed by atoms with Crippen molar-refractivity contribution in [2.45, 2.75) is 25.9 Å². The van der Waals surface area contributed by atoms with E-state index in [0.29, 0.717) is 17.2 Å². The number of halogens is 2. The number of anilines is 1. The van der Waals surface area contributed by atoms with Gasteiger partial charge in [-0.3, -0.25) is 4.79 Å². The van der Waals surface area contributed by atoms with Crippen LogP contribution in [-0.2, 0) is 19.4 Å². The maximum Gasteiger partial charge on any atom is 0.265 e. The highest BCUT2D eigenvalue weighted by molar-refractivity contribution is 7.12. The number of fused-ring (bicyclic) bond motifs is 1. The van der Waals surface area contributed by atoms with E-state index in [0.717, 1.165) is 24.2 Å². The summed E-state index contributed by atoms with van der Waals surface area (Å²) < 4.78 is 19.1. The van der Waals surface area contributed by atoms with Gasteiger partial charge in [0.15, 0.2) is 0 Å². The van der Waals surface area contributed by atoms with E-state index < -0.39 is 5.82 Å². The number of benzene rings is 2. The molecule has 27 heavy (non-hydrogen) atoms. The SMILES string of the molecule is O=C(Nc1ccc(F)c(Cl)c1)c1cc(COc2ccc3c(c2)CCC3)cs1. The molecule has 0 saturated heterocycles. The molecule has 0 aliphatic heterocycles. The monoisotopic (exact) mass is 401 g/mol. The lowest BCUT2D eigenvalue weighted by molar-refractivity contribution is 0.103. The summed E-state index contributed by atoms with van der Waals surface area (Å²) >= 11 is 7.08. The molecule has 1 aliphatic rings. The molecule has 1 heterocycles. The maximum atomic E-state index is 13.2. The van der Waals surface area contributed by atoms with Gasteiger partial charge >= 0.3 is 0 Å². The van der Waals surface area contributed by atoms with Crippen molar-refractivity contribution in [2.75, 3.05) is 5.32 Å². The number of hydrogen-bond donors (Lipinski definition) is 1. The molecule has 0 radical (unpaired) electrons. The molecule has 4 rings (SSSR count). The fourth-order valence-electron chi connectivity index (χ4n) is 3.14. The first kappa shape index (κ1) is 18.0. The van der Waals surface area contributed by atoms with E-state index in [-0.39, 0.29) is 10.9 Å². The van der Waals surface area contributed by atoms with Gasteiger partial charge in [0, 0.05) is 11.3 Å². The molecule has 6 heteroatoms. The largest absolute Gasteiger partial charge is 0.489 e. The van der Waals surface area contributed by atoms with Gasteiger partial charge in [-0.05, 0) is 72.2 Å². The first-order valence-corrected chi connectivity index (χ1v) is 9.93. The average Bonchev–Trinajstić information content (AvgIpc) is 3.31. The third-order valence-corrected chi connectivity index (χ3v) is 5.80. The molecule has 3 aromatic rings. The second-order valence-corrected chi connectivity index (χ2v) is 7.79. The van der Waals surface area contributed by atoms with Crippen LogP contribution in [0.2, 0.25) is 5.02 Å². The molecular weight excluding hydrogens is 385 g/mol. The first-order valence-electron chi connectivity index (χ1n) is 8.67. The molecule has 0 atom stereocenters. The third kappa shape index (κ3) is 4.15. The van der Waals surface area contributed by atoms with Gasteiger partial charge < -0.3 is 10.1 Å². The Morgan fingerprint density at radius 3 is 2.85 bits per heavy atom. The molecule has 0 saturated carbocycles. The van der Waals surface area contributed by atoms with E-state index in [2.05, 4.69) is 17.4 Å². The molecule has 1 N–H and O–H groups in total. The van der Waals surface area contributed by atoms with Crippen LogP contribution in [-0.4, -0.2) is 5.91 Å². The van der Waals surface area contributed by atoms with Gasteiger partial charge in [-0.2, -0.15) is 0 Å². The molecule has 2 aromatic carbocycles. The van der Waals surface area contributed by atoms with Crippen molar-refractivity contribution in [3.8, 4) is 5.75 Å². The van der Waals surface area contributed by atoms with Crippen molar-refractivity contribution < 1.29 is 13.9 Å². The average molecular weight is 402 g/mol. The Hall–Kier alpha value is -2.37. The van der Waals surface area contributed by atoms with Gasteiger partial charge in [-0.1, -0.05) is 17.7 Å². The first-order chi connectivity index (χ1) is 13.1. The summed E-state index contributed by atoms with van der Waals surface area (Å²) in [6, 6.07) is 12.1. The highest BCUT2D eigenvalue weighted by Crippen LogP contribution is 2.27. The number of carbonyl (C=O) groups excluding carboxylic acids is 1. The Labute approximate surface area is 165 Å². The molecule has 3 nitrogen and oxygen atoms in total. The van der Waals surface area contributed by atoms with Crippen molar-refractivity contribution in [1.82, 2.24) is 0 Å².